The van der Waals surface area contributed by atoms with Crippen molar-refractivity contribution in [2.45, 2.75) is 90.4 Å². The molecule has 362 valence electrons. The average molecular weight is 1010 g/mol. The van der Waals surface area contributed by atoms with Gasteiger partial charge in [0.1, 0.15) is 34.5 Å². The van der Waals surface area contributed by atoms with Gasteiger partial charge in [0.05, 0.1) is 28.6 Å². The Morgan fingerprint density at radius 1 is 0.942 bits per heavy atom. The Balaban J connectivity index is 0.786. The minimum atomic E-state index is -1.05. The van der Waals surface area contributed by atoms with Crippen molar-refractivity contribution in [3.05, 3.63) is 133 Å². The van der Waals surface area contributed by atoms with Gasteiger partial charge in [0, 0.05) is 73.4 Å². The summed E-state index contributed by atoms with van der Waals surface area (Å²) in [6.07, 6.45) is 5.47. The molecule has 0 aliphatic carbocycles. The molecule has 6 amide bonds. The molecule has 1 saturated heterocycles. The Bertz CT molecular complexity index is 2870. The number of aryl methyl sites for hydroxylation is 4. The van der Waals surface area contributed by atoms with Crippen LogP contribution in [-0.4, -0.2) is 91.6 Å². The predicted molar refractivity (Wildman–Crippen MR) is 252 cm³/mol. The quantitative estimate of drug-likeness (QED) is 0.0503. The van der Waals surface area contributed by atoms with E-state index in [0.717, 1.165) is 34.7 Å². The zero-order valence-corrected chi connectivity index (χ0v) is 39.5. The fraction of sp³-hybridized carbons (Fsp3) is 0.354. The molecule has 6 N–H and O–H groups in total. The molecule has 4 heterocycles. The fourth-order valence-electron chi connectivity index (χ4n) is 8.05. The minimum absolute atomic E-state index is 0.0357. The summed E-state index contributed by atoms with van der Waals surface area (Å²) in [7, 11) is 0. The lowest BCUT2D eigenvalue weighted by Gasteiger charge is -2.27. The number of nitrogens with one attached hydrogen (secondary N) is 4. The number of amides is 6. The molecule has 0 saturated carbocycles. The summed E-state index contributed by atoms with van der Waals surface area (Å²) >= 11 is 3.31. The Labute approximate surface area is 403 Å². The second-order valence-electron chi connectivity index (χ2n) is 16.8. The van der Waals surface area contributed by atoms with Gasteiger partial charge in [-0.05, 0) is 117 Å². The molecule has 0 bridgehead atoms. The van der Waals surface area contributed by atoms with Crippen molar-refractivity contribution in [3.8, 4) is 11.4 Å². The maximum absolute atomic E-state index is 14.2. The zero-order valence-electron chi connectivity index (χ0n) is 37.9. The third-order valence-electron chi connectivity index (χ3n) is 11.8. The van der Waals surface area contributed by atoms with Gasteiger partial charge in [0.15, 0.2) is 0 Å². The molecule has 0 radical (unpaired) electrons. The van der Waals surface area contributed by atoms with Gasteiger partial charge in [-0.2, -0.15) is 0 Å². The average Bonchev–Trinajstić information content (AvgIpc) is 3.88. The Kier molecular flexibility index (Phi) is 16.1. The van der Waals surface area contributed by atoms with Crippen molar-refractivity contribution in [2.75, 3.05) is 25.0 Å². The number of nitrogens with zero attached hydrogens (tertiary/aromatic N) is 5. The Hall–Kier alpha value is -7.13. The molecule has 21 heteroatoms. The number of hydrogen-bond acceptors (Lipinski definition) is 12. The molecule has 0 spiro atoms. The Morgan fingerprint density at radius 3 is 2.49 bits per heavy atom. The maximum Gasteiger partial charge on any atom is 0.273 e. The molecule has 69 heavy (non-hydrogen) atoms. The normalized spacial score (nSPS) is 14.9. The van der Waals surface area contributed by atoms with Gasteiger partial charge in [-0.15, -0.1) is 5.10 Å². The lowest BCUT2D eigenvalue weighted by atomic mass is 10.0. The molecule has 2 aliphatic rings. The molecule has 7 rings (SSSR count). The summed E-state index contributed by atoms with van der Waals surface area (Å²) in [5.41, 5.74) is 9.58. The SMILES string of the molecule is Cc1ccc(C(=O)NCCCCc2cn(CC[C@H](N)C(=O)NCCCCNc3cccc4c3C(=O)N(C3CCC(=O)NC3=O)C4=O)nn2)cc1-n1c(C)cc(OCc2ccc(F)cc2F)c(Br)c1=O. The van der Waals surface area contributed by atoms with Gasteiger partial charge >= 0.3 is 0 Å². The van der Waals surface area contributed by atoms with Crippen LogP contribution in [0.3, 0.4) is 0 Å². The van der Waals surface area contributed by atoms with Gasteiger partial charge in [0.2, 0.25) is 17.7 Å². The molecule has 18 nitrogen and oxygen atoms in total. The third-order valence-corrected chi connectivity index (χ3v) is 12.6. The second-order valence-corrected chi connectivity index (χ2v) is 17.6. The lowest BCUT2D eigenvalue weighted by molar-refractivity contribution is -0.136. The van der Waals surface area contributed by atoms with E-state index in [4.69, 9.17) is 10.5 Å². The van der Waals surface area contributed by atoms with Crippen LogP contribution in [-0.2, 0) is 34.0 Å². The number of imide groups is 2. The van der Waals surface area contributed by atoms with E-state index in [2.05, 4.69) is 47.5 Å². The molecule has 2 atom stereocenters. The van der Waals surface area contributed by atoms with Gasteiger partial charge in [-0.3, -0.25) is 53.0 Å². The molecule has 2 aromatic heterocycles. The van der Waals surface area contributed by atoms with Crippen molar-refractivity contribution in [2.24, 2.45) is 5.73 Å². The third kappa shape index (κ3) is 11.8. The highest BCUT2D eigenvalue weighted by Gasteiger charge is 2.45. The summed E-state index contributed by atoms with van der Waals surface area (Å²) < 4.78 is 36.4. The van der Waals surface area contributed by atoms with E-state index in [1.54, 1.807) is 54.2 Å². The number of benzene rings is 3. The number of nitrogens with two attached hydrogens (primary N) is 1. The van der Waals surface area contributed by atoms with Crippen molar-refractivity contribution in [3.63, 3.8) is 0 Å². The molecular weight excluding hydrogens is 962 g/mol. The first-order valence-electron chi connectivity index (χ1n) is 22.5. The van der Waals surface area contributed by atoms with Gasteiger partial charge in [-0.25, -0.2) is 8.78 Å². The standard InChI is InChI=1S/C48H51BrF2N10O8/c1-27-11-12-29(23-38(27)60-28(2)22-39(42(49)48(60)68)69-26-30-13-14-31(50)24-34(30)51)43(63)54-19-4-3-8-32-25-59(58-57-32)21-17-35(52)44(64)55-20-6-5-18-53-36-10-7-9-33-41(36)47(67)61(46(33)66)37-15-16-40(62)56-45(37)65/h7,9-14,22-25,35,37,53H,3-6,8,15-21,26,52H2,1-2H3,(H,54,63)(H,55,64)(H,56,62,65)/t35-,37?/m0/s1. The monoisotopic (exact) mass is 1010 g/mol. The van der Waals surface area contributed by atoms with Crippen LogP contribution in [0.25, 0.3) is 5.69 Å². The van der Waals surface area contributed by atoms with E-state index in [1.807, 2.05) is 6.92 Å². The highest BCUT2D eigenvalue weighted by atomic mass is 79.9. The molecule has 5 aromatic rings. The van der Waals surface area contributed by atoms with Crippen LogP contribution in [0.5, 0.6) is 5.75 Å². The largest absolute Gasteiger partial charge is 0.487 e. The highest BCUT2D eigenvalue weighted by Crippen LogP contribution is 2.33. The van der Waals surface area contributed by atoms with Crippen LogP contribution in [0.2, 0.25) is 0 Å². The second kappa shape index (κ2) is 22.3. The summed E-state index contributed by atoms with van der Waals surface area (Å²) in [5.74, 6) is -4.16. The number of fused-ring (bicyclic) bond motifs is 1. The van der Waals surface area contributed by atoms with Crippen molar-refractivity contribution < 1.29 is 42.3 Å². The number of piperidine rings is 1. The summed E-state index contributed by atoms with van der Waals surface area (Å²) in [5, 5.41) is 19.5. The van der Waals surface area contributed by atoms with Crippen LogP contribution >= 0.6 is 15.9 Å². The summed E-state index contributed by atoms with van der Waals surface area (Å²) in [4.78, 5) is 90.7. The number of carbonyl (C=O) groups excluding carboxylic acids is 6. The van der Waals surface area contributed by atoms with Crippen LogP contribution in [0, 0.1) is 25.5 Å². The first kappa shape index (κ1) is 49.8. The van der Waals surface area contributed by atoms with Crippen LogP contribution in [0.1, 0.15) is 98.5 Å². The van der Waals surface area contributed by atoms with Gasteiger partial charge in [0.25, 0.3) is 23.3 Å². The number of anilines is 1. The molecular formula is C48H51BrF2N10O8. The highest BCUT2D eigenvalue weighted by molar-refractivity contribution is 9.10. The molecule has 1 unspecified atom stereocenters. The molecule has 3 aromatic carbocycles. The van der Waals surface area contributed by atoms with E-state index in [9.17, 15) is 42.3 Å². The Morgan fingerprint density at radius 2 is 1.71 bits per heavy atom. The van der Waals surface area contributed by atoms with E-state index in [0.29, 0.717) is 80.9 Å². The number of hydrogen-bond donors (Lipinski definition) is 5. The van der Waals surface area contributed by atoms with Crippen LogP contribution < -0.4 is 37.3 Å². The van der Waals surface area contributed by atoms with Gasteiger partial charge in [-0.1, -0.05) is 17.3 Å². The fourth-order valence-corrected chi connectivity index (χ4v) is 8.46. The van der Waals surface area contributed by atoms with E-state index in [1.165, 1.54) is 16.7 Å². The maximum atomic E-state index is 14.2. The number of halogens is 3. The summed E-state index contributed by atoms with van der Waals surface area (Å²) in [6.45, 7) is 4.91. The van der Waals surface area contributed by atoms with Gasteiger partial charge < -0.3 is 26.4 Å². The van der Waals surface area contributed by atoms with Crippen molar-refractivity contribution in [1.29, 1.82) is 0 Å². The van der Waals surface area contributed by atoms with Crippen molar-refractivity contribution >= 4 is 57.1 Å². The number of carbonyl (C=O) groups is 6. The number of rotatable bonds is 21. The topological polar surface area (TPSA) is 242 Å². The smallest absolute Gasteiger partial charge is 0.273 e. The van der Waals surface area contributed by atoms with E-state index < -0.39 is 52.9 Å². The zero-order chi connectivity index (χ0) is 49.4. The van der Waals surface area contributed by atoms with E-state index >= 15 is 0 Å². The van der Waals surface area contributed by atoms with E-state index in [-0.39, 0.29) is 58.2 Å². The molecule has 1 fully saturated rings. The predicted octanol–water partition coefficient (Wildman–Crippen LogP) is 4.55. The number of aromatic nitrogens is 4. The number of pyridine rings is 1. The summed E-state index contributed by atoms with van der Waals surface area (Å²) in [6, 6.07) is 12.9. The lowest BCUT2D eigenvalue weighted by Crippen LogP contribution is -2.54. The first-order chi connectivity index (χ1) is 33.1. The minimum Gasteiger partial charge on any atom is -0.487 e. The number of ether oxygens (including phenoxy) is 1. The number of unbranched alkanes of at least 4 members (excludes halogenated alkanes) is 2. The first-order valence-corrected chi connectivity index (χ1v) is 23.3. The van der Waals surface area contributed by atoms with Crippen molar-refractivity contribution in [1.82, 2.24) is 40.4 Å². The van der Waals surface area contributed by atoms with Crippen LogP contribution in [0.15, 0.2) is 76.1 Å². The molecule has 2 aliphatic heterocycles. The van der Waals surface area contributed by atoms with Crippen LogP contribution in [0.4, 0.5) is 14.5 Å².